The number of rotatable bonds is 3. The van der Waals surface area contributed by atoms with Crippen LogP contribution in [0.5, 0.6) is 0 Å². The summed E-state index contributed by atoms with van der Waals surface area (Å²) in [5, 5.41) is 10.1. The fourth-order valence-corrected chi connectivity index (χ4v) is 2.52. The van der Waals surface area contributed by atoms with Gasteiger partial charge >= 0.3 is 0 Å². The van der Waals surface area contributed by atoms with E-state index >= 15 is 0 Å². The summed E-state index contributed by atoms with van der Waals surface area (Å²) in [4.78, 5) is 21.6. The average Bonchev–Trinajstić information content (AvgIpc) is 3.14. The van der Waals surface area contributed by atoms with E-state index in [-0.39, 0.29) is 5.91 Å². The number of pyridine rings is 2. The number of nitrogens with zero attached hydrogens (tertiary/aromatic N) is 3. The van der Waals surface area contributed by atoms with Crippen LogP contribution >= 0.6 is 0 Å². The molecule has 3 heterocycles. The van der Waals surface area contributed by atoms with E-state index in [0.29, 0.717) is 17.1 Å². The highest BCUT2D eigenvalue weighted by atomic mass is 16.1. The molecule has 0 atom stereocenters. The lowest BCUT2D eigenvalue weighted by Gasteiger charge is -2.09. The molecule has 0 aliphatic rings. The van der Waals surface area contributed by atoms with Crippen molar-refractivity contribution >= 4 is 22.6 Å². The molecule has 0 saturated heterocycles. The lowest BCUT2D eigenvalue weighted by atomic mass is 10.1. The van der Waals surface area contributed by atoms with E-state index in [9.17, 15) is 4.79 Å². The van der Waals surface area contributed by atoms with Crippen molar-refractivity contribution in [3.8, 4) is 11.4 Å². The minimum atomic E-state index is -0.227. The van der Waals surface area contributed by atoms with E-state index in [2.05, 4.69) is 25.5 Å². The first kappa shape index (κ1) is 14.1. The molecule has 0 spiro atoms. The number of hydrogen-bond donors (Lipinski definition) is 2. The van der Waals surface area contributed by atoms with Gasteiger partial charge in [-0.1, -0.05) is 24.3 Å². The number of para-hydroxylation sites is 1. The molecule has 0 fully saturated rings. The van der Waals surface area contributed by atoms with Crippen molar-refractivity contribution in [1.29, 1.82) is 0 Å². The molecule has 0 saturated carbocycles. The molecule has 3 aromatic heterocycles. The summed E-state index contributed by atoms with van der Waals surface area (Å²) in [6.45, 7) is 0. The SMILES string of the molecule is O=C(Nc1ccn[nH]1)c1cc(-c2ccccn2)nc2ccccc12. The number of carbonyl (C=O) groups is 1. The van der Waals surface area contributed by atoms with E-state index in [1.807, 2.05) is 42.5 Å². The van der Waals surface area contributed by atoms with Gasteiger partial charge in [-0.2, -0.15) is 5.10 Å². The third kappa shape index (κ3) is 2.61. The number of benzene rings is 1. The maximum Gasteiger partial charge on any atom is 0.257 e. The Hall–Kier alpha value is -3.54. The molecule has 0 bridgehead atoms. The molecular formula is C18H13N5O. The Bertz CT molecular complexity index is 997. The van der Waals surface area contributed by atoms with Crippen LogP contribution < -0.4 is 5.32 Å². The molecular weight excluding hydrogens is 302 g/mol. The van der Waals surface area contributed by atoms with Crippen molar-refractivity contribution in [3.63, 3.8) is 0 Å². The lowest BCUT2D eigenvalue weighted by molar-refractivity contribution is 0.102. The minimum Gasteiger partial charge on any atom is -0.307 e. The number of hydrogen-bond acceptors (Lipinski definition) is 4. The second-order valence-electron chi connectivity index (χ2n) is 5.21. The predicted octanol–water partition coefficient (Wildman–Crippen LogP) is 3.27. The topological polar surface area (TPSA) is 83.6 Å². The summed E-state index contributed by atoms with van der Waals surface area (Å²) in [5.74, 6) is 0.315. The van der Waals surface area contributed by atoms with Crippen LogP contribution in [0.1, 0.15) is 10.4 Å². The zero-order valence-corrected chi connectivity index (χ0v) is 12.6. The van der Waals surface area contributed by atoms with E-state index in [4.69, 9.17) is 0 Å². The number of fused-ring (bicyclic) bond motifs is 1. The van der Waals surface area contributed by atoms with Crippen LogP contribution in [-0.2, 0) is 0 Å². The number of nitrogens with one attached hydrogen (secondary N) is 2. The van der Waals surface area contributed by atoms with Gasteiger partial charge in [-0.05, 0) is 24.3 Å². The first-order valence-corrected chi connectivity index (χ1v) is 7.43. The van der Waals surface area contributed by atoms with Crippen LogP contribution in [0, 0.1) is 0 Å². The smallest absolute Gasteiger partial charge is 0.257 e. The van der Waals surface area contributed by atoms with Crippen LogP contribution in [0.3, 0.4) is 0 Å². The zero-order valence-electron chi connectivity index (χ0n) is 12.6. The van der Waals surface area contributed by atoms with Crippen LogP contribution in [0.25, 0.3) is 22.3 Å². The van der Waals surface area contributed by atoms with Gasteiger partial charge in [0.05, 0.1) is 28.7 Å². The quantitative estimate of drug-likeness (QED) is 0.608. The van der Waals surface area contributed by atoms with Crippen molar-refractivity contribution in [2.45, 2.75) is 0 Å². The van der Waals surface area contributed by atoms with Gasteiger partial charge in [0, 0.05) is 17.6 Å². The van der Waals surface area contributed by atoms with Crippen molar-refractivity contribution in [1.82, 2.24) is 20.2 Å². The van der Waals surface area contributed by atoms with Crippen LogP contribution in [0.15, 0.2) is 67.0 Å². The first-order valence-electron chi connectivity index (χ1n) is 7.43. The second-order valence-corrected chi connectivity index (χ2v) is 5.21. The Kier molecular flexibility index (Phi) is 3.47. The zero-order chi connectivity index (χ0) is 16.4. The number of anilines is 1. The van der Waals surface area contributed by atoms with Crippen molar-refractivity contribution in [2.75, 3.05) is 5.32 Å². The summed E-state index contributed by atoms with van der Waals surface area (Å²) in [6, 6.07) is 16.6. The summed E-state index contributed by atoms with van der Waals surface area (Å²) in [6.07, 6.45) is 3.29. The number of H-pyrrole nitrogens is 1. The molecule has 6 nitrogen and oxygen atoms in total. The Morgan fingerprint density at radius 3 is 2.62 bits per heavy atom. The van der Waals surface area contributed by atoms with E-state index in [1.165, 1.54) is 0 Å². The van der Waals surface area contributed by atoms with Gasteiger partial charge < -0.3 is 5.32 Å². The highest BCUT2D eigenvalue weighted by Crippen LogP contribution is 2.24. The number of carbonyl (C=O) groups excluding carboxylic acids is 1. The molecule has 0 aliphatic carbocycles. The van der Waals surface area contributed by atoms with Gasteiger partial charge in [-0.3, -0.25) is 14.9 Å². The highest BCUT2D eigenvalue weighted by Gasteiger charge is 2.14. The molecule has 1 aromatic carbocycles. The number of amides is 1. The minimum absolute atomic E-state index is 0.227. The maximum atomic E-state index is 12.7. The van der Waals surface area contributed by atoms with E-state index in [0.717, 1.165) is 16.6 Å². The number of aromatic amines is 1. The lowest BCUT2D eigenvalue weighted by Crippen LogP contribution is -2.13. The van der Waals surface area contributed by atoms with E-state index < -0.39 is 0 Å². The highest BCUT2D eigenvalue weighted by molar-refractivity contribution is 6.12. The van der Waals surface area contributed by atoms with E-state index in [1.54, 1.807) is 24.5 Å². The van der Waals surface area contributed by atoms with Crippen molar-refractivity contribution in [3.05, 3.63) is 72.6 Å². The van der Waals surface area contributed by atoms with Gasteiger partial charge in [0.1, 0.15) is 5.82 Å². The maximum absolute atomic E-state index is 12.7. The molecule has 24 heavy (non-hydrogen) atoms. The second kappa shape index (κ2) is 5.92. The van der Waals surface area contributed by atoms with Crippen LogP contribution in [-0.4, -0.2) is 26.1 Å². The molecule has 0 radical (unpaired) electrons. The van der Waals surface area contributed by atoms with Gasteiger partial charge in [0.25, 0.3) is 5.91 Å². The van der Waals surface area contributed by atoms with Crippen molar-refractivity contribution in [2.24, 2.45) is 0 Å². The molecule has 0 unspecified atom stereocenters. The van der Waals surface area contributed by atoms with Gasteiger partial charge in [-0.15, -0.1) is 0 Å². The first-order chi connectivity index (χ1) is 11.8. The largest absolute Gasteiger partial charge is 0.307 e. The summed E-state index contributed by atoms with van der Waals surface area (Å²) in [5.41, 5.74) is 2.66. The molecule has 6 heteroatoms. The molecule has 2 N–H and O–H groups in total. The molecule has 0 aliphatic heterocycles. The molecule has 116 valence electrons. The molecule has 1 amide bonds. The van der Waals surface area contributed by atoms with Gasteiger partial charge in [0.15, 0.2) is 0 Å². The average molecular weight is 315 g/mol. The normalized spacial score (nSPS) is 10.7. The van der Waals surface area contributed by atoms with Gasteiger partial charge in [0.2, 0.25) is 0 Å². The molecule has 4 rings (SSSR count). The van der Waals surface area contributed by atoms with Crippen LogP contribution in [0.2, 0.25) is 0 Å². The number of aromatic nitrogens is 4. The Labute approximate surface area is 137 Å². The van der Waals surface area contributed by atoms with Gasteiger partial charge in [-0.25, -0.2) is 4.98 Å². The fourth-order valence-electron chi connectivity index (χ4n) is 2.52. The molecule has 4 aromatic rings. The fraction of sp³-hybridized carbons (Fsp3) is 0. The Balaban J connectivity index is 1.85. The van der Waals surface area contributed by atoms with Crippen molar-refractivity contribution < 1.29 is 4.79 Å². The monoisotopic (exact) mass is 315 g/mol. The summed E-state index contributed by atoms with van der Waals surface area (Å²) in [7, 11) is 0. The Morgan fingerprint density at radius 1 is 0.958 bits per heavy atom. The third-order valence-electron chi connectivity index (χ3n) is 3.64. The Morgan fingerprint density at radius 2 is 1.83 bits per heavy atom. The summed E-state index contributed by atoms with van der Waals surface area (Å²) < 4.78 is 0. The standard InChI is InChI=1S/C18H13N5O/c24-18(22-17-8-10-20-23-17)13-11-16(15-7-3-4-9-19-15)21-14-6-2-1-5-12(13)14/h1-11H,(H2,20,22,23,24). The van der Waals surface area contributed by atoms with Crippen LogP contribution in [0.4, 0.5) is 5.82 Å². The summed E-state index contributed by atoms with van der Waals surface area (Å²) >= 11 is 0. The third-order valence-corrected chi connectivity index (χ3v) is 3.64. The predicted molar refractivity (Wildman–Crippen MR) is 91.5 cm³/mol.